The maximum absolute atomic E-state index is 5.84. The largest absolute Gasteiger partial charge is 0.399 e. The zero-order chi connectivity index (χ0) is 10.4. The van der Waals surface area contributed by atoms with Gasteiger partial charge in [0.1, 0.15) is 0 Å². The fourth-order valence-corrected chi connectivity index (χ4v) is 3.08. The van der Waals surface area contributed by atoms with Crippen molar-refractivity contribution >= 4 is 11.4 Å². The summed E-state index contributed by atoms with van der Waals surface area (Å²) in [6.45, 7) is 3.35. The first kappa shape index (κ1) is 9.08. The van der Waals surface area contributed by atoms with Crippen LogP contribution in [-0.2, 0) is 0 Å². The van der Waals surface area contributed by atoms with Gasteiger partial charge in [0.25, 0.3) is 0 Å². The molecule has 2 bridgehead atoms. The number of hydrogen-bond acceptors (Lipinski definition) is 2. The van der Waals surface area contributed by atoms with Crippen LogP contribution in [0.5, 0.6) is 0 Å². The molecule has 2 aliphatic rings. The van der Waals surface area contributed by atoms with Gasteiger partial charge < -0.3 is 10.6 Å². The Kier molecular flexibility index (Phi) is 1.91. The standard InChI is InChI=1S/C13H18N2/c1-9-6-11(4-5-13(9)14)15-8-10-2-3-12(15)7-10/h4-6,10,12H,2-3,7-8,14H2,1H3. The van der Waals surface area contributed by atoms with E-state index in [1.807, 2.05) is 6.07 Å². The highest BCUT2D eigenvalue weighted by Crippen LogP contribution is 2.40. The van der Waals surface area contributed by atoms with Crippen LogP contribution in [0.2, 0.25) is 0 Å². The lowest BCUT2D eigenvalue weighted by atomic mass is 10.1. The molecular weight excluding hydrogens is 184 g/mol. The van der Waals surface area contributed by atoms with Crippen molar-refractivity contribution in [3.63, 3.8) is 0 Å². The van der Waals surface area contributed by atoms with Crippen molar-refractivity contribution in [2.75, 3.05) is 17.2 Å². The Hall–Kier alpha value is -1.18. The summed E-state index contributed by atoms with van der Waals surface area (Å²) in [6, 6.07) is 7.24. The van der Waals surface area contributed by atoms with Gasteiger partial charge in [-0.3, -0.25) is 0 Å². The second-order valence-electron chi connectivity index (χ2n) is 5.03. The minimum atomic E-state index is 0.804. The molecule has 1 aliphatic heterocycles. The lowest BCUT2D eigenvalue weighted by Gasteiger charge is -2.29. The zero-order valence-electron chi connectivity index (χ0n) is 9.24. The first-order valence-corrected chi connectivity index (χ1v) is 5.87. The summed E-state index contributed by atoms with van der Waals surface area (Å²) in [5.41, 5.74) is 9.32. The Morgan fingerprint density at radius 2 is 2.20 bits per heavy atom. The zero-order valence-corrected chi connectivity index (χ0v) is 9.24. The summed E-state index contributed by atoms with van der Waals surface area (Å²) in [4.78, 5) is 2.57. The van der Waals surface area contributed by atoms with E-state index in [0.717, 1.165) is 17.6 Å². The van der Waals surface area contributed by atoms with E-state index >= 15 is 0 Å². The SMILES string of the molecule is Cc1cc(N2CC3CCC2C3)ccc1N. The molecule has 2 N–H and O–H groups in total. The maximum atomic E-state index is 5.84. The first-order valence-electron chi connectivity index (χ1n) is 5.87. The third kappa shape index (κ3) is 1.39. The number of fused-ring (bicyclic) bond motifs is 2. The highest BCUT2D eigenvalue weighted by molar-refractivity contribution is 5.59. The van der Waals surface area contributed by atoms with E-state index in [1.54, 1.807) is 0 Å². The van der Waals surface area contributed by atoms with Crippen molar-refractivity contribution in [1.82, 2.24) is 0 Å². The molecule has 15 heavy (non-hydrogen) atoms. The van der Waals surface area contributed by atoms with Gasteiger partial charge in [-0.15, -0.1) is 0 Å². The molecule has 1 aliphatic carbocycles. The molecule has 1 aromatic rings. The van der Waals surface area contributed by atoms with Crippen molar-refractivity contribution in [3.8, 4) is 0 Å². The molecule has 2 fully saturated rings. The average Bonchev–Trinajstić information content (AvgIpc) is 2.83. The van der Waals surface area contributed by atoms with Crippen LogP contribution < -0.4 is 10.6 Å². The molecule has 0 radical (unpaired) electrons. The summed E-state index contributed by atoms with van der Waals surface area (Å²) < 4.78 is 0. The predicted octanol–water partition coefficient (Wildman–Crippen LogP) is 2.57. The van der Waals surface area contributed by atoms with Gasteiger partial charge in [0.05, 0.1) is 0 Å². The third-order valence-corrected chi connectivity index (χ3v) is 3.99. The number of piperidine rings is 1. The fourth-order valence-electron chi connectivity index (χ4n) is 3.08. The Balaban J connectivity index is 1.90. The topological polar surface area (TPSA) is 29.3 Å². The second kappa shape index (κ2) is 3.16. The van der Waals surface area contributed by atoms with E-state index in [-0.39, 0.29) is 0 Å². The van der Waals surface area contributed by atoms with Gasteiger partial charge in [-0.1, -0.05) is 0 Å². The van der Waals surface area contributed by atoms with Crippen LogP contribution in [0.15, 0.2) is 18.2 Å². The summed E-state index contributed by atoms with van der Waals surface area (Å²) in [5.74, 6) is 0.952. The van der Waals surface area contributed by atoms with Crippen molar-refractivity contribution in [2.24, 2.45) is 5.92 Å². The van der Waals surface area contributed by atoms with Crippen LogP contribution >= 0.6 is 0 Å². The van der Waals surface area contributed by atoms with E-state index in [1.165, 1.54) is 37.1 Å². The van der Waals surface area contributed by atoms with E-state index in [9.17, 15) is 0 Å². The van der Waals surface area contributed by atoms with E-state index < -0.39 is 0 Å². The van der Waals surface area contributed by atoms with Crippen LogP contribution in [0.4, 0.5) is 11.4 Å². The molecule has 1 heterocycles. The summed E-state index contributed by atoms with van der Waals surface area (Å²) in [6.07, 6.45) is 4.23. The van der Waals surface area contributed by atoms with Gasteiger partial charge in [-0.2, -0.15) is 0 Å². The molecule has 2 nitrogen and oxygen atoms in total. The van der Waals surface area contributed by atoms with Gasteiger partial charge in [-0.05, 0) is 55.9 Å². The van der Waals surface area contributed by atoms with Gasteiger partial charge in [0.15, 0.2) is 0 Å². The molecule has 1 aromatic carbocycles. The number of rotatable bonds is 1. The van der Waals surface area contributed by atoms with Crippen molar-refractivity contribution < 1.29 is 0 Å². The molecule has 0 amide bonds. The first-order chi connectivity index (χ1) is 7.24. The van der Waals surface area contributed by atoms with Gasteiger partial charge in [0.2, 0.25) is 0 Å². The molecule has 3 rings (SSSR count). The molecule has 1 saturated carbocycles. The van der Waals surface area contributed by atoms with Crippen LogP contribution in [-0.4, -0.2) is 12.6 Å². The fraction of sp³-hybridized carbons (Fsp3) is 0.538. The van der Waals surface area contributed by atoms with Gasteiger partial charge >= 0.3 is 0 Å². The number of hydrogen-bond donors (Lipinski definition) is 1. The normalized spacial score (nSPS) is 28.7. The molecule has 2 unspecified atom stereocenters. The number of nitrogens with two attached hydrogens (primary N) is 1. The van der Waals surface area contributed by atoms with E-state index in [4.69, 9.17) is 5.73 Å². The predicted molar refractivity (Wildman–Crippen MR) is 64.1 cm³/mol. The van der Waals surface area contributed by atoms with Crippen molar-refractivity contribution in [3.05, 3.63) is 23.8 Å². The summed E-state index contributed by atoms with van der Waals surface area (Å²) >= 11 is 0. The molecule has 0 aromatic heterocycles. The number of nitrogen functional groups attached to an aromatic ring is 1. The average molecular weight is 202 g/mol. The maximum Gasteiger partial charge on any atom is 0.0372 e. The third-order valence-electron chi connectivity index (χ3n) is 3.99. The highest BCUT2D eigenvalue weighted by Gasteiger charge is 2.37. The molecule has 80 valence electrons. The smallest absolute Gasteiger partial charge is 0.0372 e. The van der Waals surface area contributed by atoms with Crippen LogP contribution in [0.1, 0.15) is 24.8 Å². The Morgan fingerprint density at radius 3 is 2.80 bits per heavy atom. The quantitative estimate of drug-likeness (QED) is 0.709. The van der Waals surface area contributed by atoms with Gasteiger partial charge in [-0.25, -0.2) is 0 Å². The Morgan fingerprint density at radius 1 is 1.33 bits per heavy atom. The highest BCUT2D eigenvalue weighted by atomic mass is 15.2. The number of anilines is 2. The molecular formula is C13H18N2. The lowest BCUT2D eigenvalue weighted by Crippen LogP contribution is -2.31. The Labute approximate surface area is 91.1 Å². The van der Waals surface area contributed by atoms with Crippen LogP contribution in [0, 0.1) is 12.8 Å². The molecule has 2 atom stereocenters. The van der Waals surface area contributed by atoms with E-state index in [2.05, 4.69) is 24.0 Å². The van der Waals surface area contributed by atoms with E-state index in [0.29, 0.717) is 0 Å². The van der Waals surface area contributed by atoms with Gasteiger partial charge in [0, 0.05) is 24.0 Å². The minimum absolute atomic E-state index is 0.804. The summed E-state index contributed by atoms with van der Waals surface area (Å²) in [7, 11) is 0. The lowest BCUT2D eigenvalue weighted by molar-refractivity contribution is 0.553. The van der Waals surface area contributed by atoms with Crippen molar-refractivity contribution in [2.45, 2.75) is 32.2 Å². The number of nitrogens with zero attached hydrogens (tertiary/aromatic N) is 1. The minimum Gasteiger partial charge on any atom is -0.399 e. The number of aryl methyl sites for hydroxylation is 1. The summed E-state index contributed by atoms with van der Waals surface area (Å²) in [5, 5.41) is 0. The monoisotopic (exact) mass is 202 g/mol. The van der Waals surface area contributed by atoms with Crippen LogP contribution in [0.3, 0.4) is 0 Å². The molecule has 0 spiro atoms. The number of benzene rings is 1. The van der Waals surface area contributed by atoms with Crippen molar-refractivity contribution in [1.29, 1.82) is 0 Å². The molecule has 2 heteroatoms. The molecule has 1 saturated heterocycles. The Bertz CT molecular complexity index is 386. The van der Waals surface area contributed by atoms with Crippen LogP contribution in [0.25, 0.3) is 0 Å². The second-order valence-corrected chi connectivity index (χ2v) is 5.03.